The van der Waals surface area contributed by atoms with Crippen LogP contribution in [0.2, 0.25) is 0 Å². The molecule has 198 valence electrons. The second kappa shape index (κ2) is 9.91. The SMILES string of the molecule is Cc1ccc(S(=O)(=O)n2ccc3nc(-c4ccc(N5CCN(C)CC5)c(C)c4)c(-c4ccccn4)nc32)cc1. The molecule has 2 aromatic carbocycles. The van der Waals surface area contributed by atoms with Gasteiger partial charge in [0.05, 0.1) is 16.3 Å². The van der Waals surface area contributed by atoms with Crippen LogP contribution < -0.4 is 4.90 Å². The predicted octanol–water partition coefficient (Wildman–Crippen LogP) is 4.77. The Labute approximate surface area is 228 Å². The lowest BCUT2D eigenvalue weighted by atomic mass is 10.0. The summed E-state index contributed by atoms with van der Waals surface area (Å²) in [4.78, 5) is 19.3. The van der Waals surface area contributed by atoms with E-state index in [1.165, 1.54) is 15.9 Å². The molecule has 5 aromatic rings. The number of hydrogen-bond acceptors (Lipinski definition) is 7. The Hall–Kier alpha value is -4.08. The molecule has 3 aromatic heterocycles. The summed E-state index contributed by atoms with van der Waals surface area (Å²) in [5, 5.41) is 0. The molecule has 4 heterocycles. The van der Waals surface area contributed by atoms with Gasteiger partial charge in [0, 0.05) is 49.8 Å². The molecule has 0 N–H and O–H groups in total. The summed E-state index contributed by atoms with van der Waals surface area (Å²) in [5.41, 5.74) is 6.88. The summed E-state index contributed by atoms with van der Waals surface area (Å²) >= 11 is 0. The molecule has 0 unspecified atom stereocenters. The van der Waals surface area contributed by atoms with Gasteiger partial charge in [0.1, 0.15) is 11.2 Å². The molecule has 6 rings (SSSR count). The number of fused-ring (bicyclic) bond motifs is 1. The van der Waals surface area contributed by atoms with Gasteiger partial charge in [-0.15, -0.1) is 0 Å². The first kappa shape index (κ1) is 25.2. The number of aryl methyl sites for hydroxylation is 2. The van der Waals surface area contributed by atoms with Crippen LogP contribution in [-0.2, 0) is 10.0 Å². The van der Waals surface area contributed by atoms with E-state index >= 15 is 0 Å². The van der Waals surface area contributed by atoms with E-state index in [2.05, 4.69) is 47.0 Å². The van der Waals surface area contributed by atoms with Crippen molar-refractivity contribution in [2.45, 2.75) is 18.7 Å². The van der Waals surface area contributed by atoms with Crippen LogP contribution in [0.4, 0.5) is 5.69 Å². The average Bonchev–Trinajstić information content (AvgIpc) is 3.38. The Kier molecular flexibility index (Phi) is 6.40. The summed E-state index contributed by atoms with van der Waals surface area (Å²) < 4.78 is 28.3. The molecule has 1 saturated heterocycles. The monoisotopic (exact) mass is 538 g/mol. The van der Waals surface area contributed by atoms with Crippen molar-refractivity contribution >= 4 is 26.9 Å². The summed E-state index contributed by atoms with van der Waals surface area (Å²) in [5.74, 6) is 0. The zero-order valence-electron chi connectivity index (χ0n) is 22.2. The van der Waals surface area contributed by atoms with Gasteiger partial charge in [0.15, 0.2) is 5.65 Å². The number of benzene rings is 2. The molecule has 0 atom stereocenters. The lowest BCUT2D eigenvalue weighted by Crippen LogP contribution is -2.44. The van der Waals surface area contributed by atoms with Gasteiger partial charge in [0.2, 0.25) is 0 Å². The lowest BCUT2D eigenvalue weighted by molar-refractivity contribution is 0.312. The highest BCUT2D eigenvalue weighted by Gasteiger charge is 2.24. The van der Waals surface area contributed by atoms with Crippen LogP contribution in [0, 0.1) is 13.8 Å². The minimum absolute atomic E-state index is 0.200. The molecule has 0 aliphatic carbocycles. The third-order valence-corrected chi connectivity index (χ3v) is 8.96. The van der Waals surface area contributed by atoms with Crippen LogP contribution in [0.25, 0.3) is 33.8 Å². The second-order valence-electron chi connectivity index (χ2n) is 10.1. The van der Waals surface area contributed by atoms with Gasteiger partial charge in [0.25, 0.3) is 10.0 Å². The third kappa shape index (κ3) is 4.68. The van der Waals surface area contributed by atoms with Crippen LogP contribution in [-0.4, -0.2) is 65.5 Å². The fraction of sp³-hybridized carbons (Fsp3) is 0.233. The molecule has 0 bridgehead atoms. The zero-order valence-corrected chi connectivity index (χ0v) is 23.1. The number of anilines is 1. The number of likely N-dealkylation sites (N-methyl/N-ethyl adjacent to an activating group) is 1. The topological polar surface area (TPSA) is 84.2 Å². The maximum absolute atomic E-state index is 13.5. The van der Waals surface area contributed by atoms with Gasteiger partial charge in [-0.1, -0.05) is 29.8 Å². The van der Waals surface area contributed by atoms with Gasteiger partial charge < -0.3 is 9.80 Å². The number of piperazine rings is 1. The van der Waals surface area contributed by atoms with E-state index in [1.807, 2.05) is 25.1 Å². The van der Waals surface area contributed by atoms with Crippen LogP contribution in [0.15, 0.2) is 84.0 Å². The smallest absolute Gasteiger partial charge is 0.269 e. The quantitative estimate of drug-likeness (QED) is 0.319. The van der Waals surface area contributed by atoms with Gasteiger partial charge in [-0.3, -0.25) is 4.98 Å². The van der Waals surface area contributed by atoms with Crippen molar-refractivity contribution in [1.82, 2.24) is 23.8 Å². The van der Waals surface area contributed by atoms with Crippen LogP contribution in [0.3, 0.4) is 0 Å². The first-order chi connectivity index (χ1) is 18.8. The summed E-state index contributed by atoms with van der Waals surface area (Å²) in [6, 6.07) is 20.5. The van der Waals surface area contributed by atoms with Crippen LogP contribution in [0.5, 0.6) is 0 Å². The second-order valence-corrected chi connectivity index (χ2v) is 11.9. The number of nitrogens with zero attached hydrogens (tertiary/aromatic N) is 6. The molecule has 0 saturated carbocycles. The number of rotatable bonds is 5. The predicted molar refractivity (Wildman–Crippen MR) is 154 cm³/mol. The minimum Gasteiger partial charge on any atom is -0.369 e. The van der Waals surface area contributed by atoms with Gasteiger partial charge in [-0.2, -0.15) is 0 Å². The van der Waals surface area contributed by atoms with Crippen molar-refractivity contribution in [1.29, 1.82) is 0 Å². The molecular weight excluding hydrogens is 508 g/mol. The standard InChI is InChI=1S/C30H30N6O2S/c1-21-7-10-24(11-8-21)39(37,38)36-15-13-26-30(36)33-29(25-6-4-5-14-31-25)28(32-26)23-9-12-27(22(2)20-23)35-18-16-34(3)17-19-35/h4-15,20H,16-19H2,1-3H3. The van der Waals surface area contributed by atoms with Gasteiger partial charge in [-0.05, 0) is 68.9 Å². The van der Waals surface area contributed by atoms with E-state index in [4.69, 9.17) is 9.97 Å². The van der Waals surface area contributed by atoms with Crippen molar-refractivity contribution in [3.63, 3.8) is 0 Å². The number of pyridine rings is 1. The minimum atomic E-state index is -3.86. The highest BCUT2D eigenvalue weighted by Crippen LogP contribution is 2.34. The number of hydrogen-bond donors (Lipinski definition) is 0. The number of aromatic nitrogens is 4. The fourth-order valence-electron chi connectivity index (χ4n) is 5.03. The Morgan fingerprint density at radius 3 is 2.28 bits per heavy atom. The van der Waals surface area contributed by atoms with E-state index in [1.54, 1.807) is 36.5 Å². The molecular formula is C30H30N6O2S. The van der Waals surface area contributed by atoms with Gasteiger partial charge in [-0.25, -0.2) is 22.4 Å². The Morgan fingerprint density at radius 1 is 0.821 bits per heavy atom. The molecule has 0 amide bonds. The lowest BCUT2D eigenvalue weighted by Gasteiger charge is -2.35. The first-order valence-corrected chi connectivity index (χ1v) is 14.4. The molecule has 1 aliphatic rings. The maximum atomic E-state index is 13.5. The molecule has 8 nitrogen and oxygen atoms in total. The summed E-state index contributed by atoms with van der Waals surface area (Å²) in [7, 11) is -1.71. The molecule has 0 spiro atoms. The molecule has 1 aliphatic heterocycles. The zero-order chi connectivity index (χ0) is 27.1. The van der Waals surface area contributed by atoms with E-state index in [-0.39, 0.29) is 10.5 Å². The van der Waals surface area contributed by atoms with Crippen molar-refractivity contribution in [3.05, 3.63) is 90.3 Å². The van der Waals surface area contributed by atoms with Crippen LogP contribution >= 0.6 is 0 Å². The van der Waals surface area contributed by atoms with Crippen molar-refractivity contribution < 1.29 is 8.42 Å². The van der Waals surface area contributed by atoms with Gasteiger partial charge >= 0.3 is 0 Å². The molecule has 39 heavy (non-hydrogen) atoms. The Morgan fingerprint density at radius 2 is 1.59 bits per heavy atom. The normalized spacial score (nSPS) is 14.7. The van der Waals surface area contributed by atoms with Crippen molar-refractivity contribution in [3.8, 4) is 22.6 Å². The summed E-state index contributed by atoms with van der Waals surface area (Å²) in [6.45, 7) is 8.10. The summed E-state index contributed by atoms with van der Waals surface area (Å²) in [6.07, 6.45) is 3.22. The highest BCUT2D eigenvalue weighted by molar-refractivity contribution is 7.90. The van der Waals surface area contributed by atoms with E-state index in [0.717, 1.165) is 42.9 Å². The highest BCUT2D eigenvalue weighted by atomic mass is 32.2. The van der Waals surface area contributed by atoms with E-state index in [0.29, 0.717) is 22.6 Å². The van der Waals surface area contributed by atoms with Crippen molar-refractivity contribution in [2.75, 3.05) is 38.1 Å². The van der Waals surface area contributed by atoms with E-state index in [9.17, 15) is 8.42 Å². The van der Waals surface area contributed by atoms with E-state index < -0.39 is 10.0 Å². The maximum Gasteiger partial charge on any atom is 0.269 e. The molecule has 1 fully saturated rings. The van der Waals surface area contributed by atoms with Crippen molar-refractivity contribution in [2.24, 2.45) is 0 Å². The Bertz CT molecular complexity index is 1760. The molecule has 0 radical (unpaired) electrons. The first-order valence-electron chi connectivity index (χ1n) is 13.0. The largest absolute Gasteiger partial charge is 0.369 e. The third-order valence-electron chi connectivity index (χ3n) is 7.28. The average molecular weight is 539 g/mol. The Balaban J connectivity index is 1.48. The fourth-order valence-corrected chi connectivity index (χ4v) is 6.32. The van der Waals surface area contributed by atoms with Crippen LogP contribution in [0.1, 0.15) is 11.1 Å². The molecule has 9 heteroatoms.